The largest absolute Gasteiger partial charge is 0.493 e. The topological polar surface area (TPSA) is 27.7 Å². The van der Waals surface area contributed by atoms with Gasteiger partial charge < -0.3 is 14.2 Å². The Labute approximate surface area is 125 Å². The molecule has 1 atom stereocenters. The molecule has 1 heterocycles. The van der Waals surface area contributed by atoms with Crippen LogP contribution in [-0.4, -0.2) is 20.8 Å². The molecule has 0 bridgehead atoms. The van der Waals surface area contributed by atoms with Gasteiger partial charge in [-0.3, -0.25) is 0 Å². The fourth-order valence-electron chi connectivity index (χ4n) is 3.01. The molecular weight excluding hydrogens is 264 g/mol. The molecule has 3 heteroatoms. The van der Waals surface area contributed by atoms with Gasteiger partial charge in [0.25, 0.3) is 0 Å². The van der Waals surface area contributed by atoms with Gasteiger partial charge in [-0.25, -0.2) is 0 Å². The number of benzene rings is 2. The Morgan fingerprint density at radius 3 is 2.33 bits per heavy atom. The lowest BCUT2D eigenvalue weighted by molar-refractivity contribution is -0.0144. The molecule has 0 aliphatic carbocycles. The quantitative estimate of drug-likeness (QED) is 0.863. The number of hydrogen-bond donors (Lipinski definition) is 0. The zero-order valence-corrected chi connectivity index (χ0v) is 12.7. The van der Waals surface area contributed by atoms with Gasteiger partial charge in [0.2, 0.25) is 0 Å². The molecule has 110 valence electrons. The first-order valence-corrected chi connectivity index (χ1v) is 7.14. The van der Waals surface area contributed by atoms with Crippen LogP contribution < -0.4 is 9.47 Å². The maximum absolute atomic E-state index is 6.15. The first-order valence-electron chi connectivity index (χ1n) is 7.14. The van der Waals surface area contributed by atoms with Gasteiger partial charge in [-0.2, -0.15) is 0 Å². The molecule has 0 aromatic heterocycles. The number of rotatable bonds is 3. The number of fused-ring (bicyclic) bond motifs is 1. The summed E-state index contributed by atoms with van der Waals surface area (Å²) >= 11 is 0. The average Bonchev–Trinajstić information content (AvgIpc) is 2.55. The van der Waals surface area contributed by atoms with Gasteiger partial charge in [-0.1, -0.05) is 30.3 Å². The van der Waals surface area contributed by atoms with Gasteiger partial charge in [0.1, 0.15) is 5.60 Å². The summed E-state index contributed by atoms with van der Waals surface area (Å²) in [5.74, 6) is 1.51. The molecule has 1 unspecified atom stereocenters. The Morgan fingerprint density at radius 2 is 1.67 bits per heavy atom. The molecule has 0 amide bonds. The SMILES string of the molecule is COc1cc2c(cc1OC)C(C)(c1ccccc1)OCC2. The molecule has 21 heavy (non-hydrogen) atoms. The number of ether oxygens (including phenoxy) is 3. The van der Waals surface area contributed by atoms with Crippen molar-refractivity contribution in [3.63, 3.8) is 0 Å². The van der Waals surface area contributed by atoms with Crippen LogP contribution in [0.15, 0.2) is 42.5 Å². The second-order valence-corrected chi connectivity index (χ2v) is 5.36. The van der Waals surface area contributed by atoms with Gasteiger partial charge in [-0.15, -0.1) is 0 Å². The van der Waals surface area contributed by atoms with E-state index in [1.54, 1.807) is 14.2 Å². The second kappa shape index (κ2) is 5.41. The molecule has 1 aliphatic rings. The maximum Gasteiger partial charge on any atom is 0.161 e. The van der Waals surface area contributed by atoms with E-state index < -0.39 is 5.60 Å². The third-order valence-corrected chi connectivity index (χ3v) is 4.21. The first-order chi connectivity index (χ1) is 10.2. The van der Waals surface area contributed by atoms with E-state index in [0.717, 1.165) is 29.0 Å². The van der Waals surface area contributed by atoms with Gasteiger partial charge in [0.15, 0.2) is 11.5 Å². The summed E-state index contributed by atoms with van der Waals surface area (Å²) in [6, 6.07) is 14.4. The maximum atomic E-state index is 6.15. The van der Waals surface area contributed by atoms with Crippen LogP contribution in [0.4, 0.5) is 0 Å². The molecule has 0 radical (unpaired) electrons. The lowest BCUT2D eigenvalue weighted by Gasteiger charge is -2.37. The van der Waals surface area contributed by atoms with Crippen molar-refractivity contribution in [3.8, 4) is 11.5 Å². The van der Waals surface area contributed by atoms with Gasteiger partial charge in [0, 0.05) is 0 Å². The summed E-state index contributed by atoms with van der Waals surface area (Å²) in [5, 5.41) is 0. The predicted octanol–water partition coefficient (Wildman–Crippen LogP) is 3.54. The van der Waals surface area contributed by atoms with Crippen molar-refractivity contribution in [1.82, 2.24) is 0 Å². The van der Waals surface area contributed by atoms with Crippen molar-refractivity contribution in [2.75, 3.05) is 20.8 Å². The van der Waals surface area contributed by atoms with Crippen LogP contribution >= 0.6 is 0 Å². The third kappa shape index (κ3) is 2.28. The lowest BCUT2D eigenvalue weighted by Crippen LogP contribution is -2.33. The van der Waals surface area contributed by atoms with E-state index in [4.69, 9.17) is 14.2 Å². The Balaban J connectivity index is 2.17. The normalized spacial score (nSPS) is 20.7. The zero-order chi connectivity index (χ0) is 14.9. The lowest BCUT2D eigenvalue weighted by atomic mass is 9.82. The fourth-order valence-corrected chi connectivity index (χ4v) is 3.01. The van der Waals surface area contributed by atoms with E-state index in [0.29, 0.717) is 6.61 Å². The van der Waals surface area contributed by atoms with E-state index in [2.05, 4.69) is 25.1 Å². The second-order valence-electron chi connectivity index (χ2n) is 5.36. The van der Waals surface area contributed by atoms with Crippen LogP contribution in [0.3, 0.4) is 0 Å². The Morgan fingerprint density at radius 1 is 1.00 bits per heavy atom. The summed E-state index contributed by atoms with van der Waals surface area (Å²) in [6.07, 6.45) is 0.887. The van der Waals surface area contributed by atoms with Crippen LogP contribution in [0.2, 0.25) is 0 Å². The van der Waals surface area contributed by atoms with Crippen molar-refractivity contribution in [1.29, 1.82) is 0 Å². The van der Waals surface area contributed by atoms with Gasteiger partial charge >= 0.3 is 0 Å². The highest BCUT2D eigenvalue weighted by atomic mass is 16.5. The number of hydrogen-bond acceptors (Lipinski definition) is 3. The van der Waals surface area contributed by atoms with Crippen molar-refractivity contribution in [2.45, 2.75) is 18.9 Å². The van der Waals surface area contributed by atoms with Crippen molar-refractivity contribution in [3.05, 3.63) is 59.2 Å². The smallest absolute Gasteiger partial charge is 0.161 e. The van der Waals surface area contributed by atoms with Gasteiger partial charge in [-0.05, 0) is 42.2 Å². The summed E-state index contributed by atoms with van der Waals surface area (Å²) in [4.78, 5) is 0. The molecule has 0 fully saturated rings. The van der Waals surface area contributed by atoms with Gasteiger partial charge in [0.05, 0.1) is 20.8 Å². The molecule has 0 spiro atoms. The molecule has 3 rings (SSSR count). The molecule has 2 aromatic carbocycles. The molecule has 0 saturated heterocycles. The zero-order valence-electron chi connectivity index (χ0n) is 12.7. The summed E-state index contributed by atoms with van der Waals surface area (Å²) in [5.41, 5.74) is 3.11. The van der Waals surface area contributed by atoms with E-state index in [1.807, 2.05) is 24.3 Å². The molecule has 0 saturated carbocycles. The summed E-state index contributed by atoms with van der Waals surface area (Å²) in [7, 11) is 3.33. The van der Waals surface area contributed by atoms with Crippen molar-refractivity contribution >= 4 is 0 Å². The standard InChI is InChI=1S/C18H20O3/c1-18(14-7-5-4-6-8-14)15-12-17(20-3)16(19-2)11-13(15)9-10-21-18/h4-8,11-12H,9-10H2,1-3H3. The molecule has 3 nitrogen and oxygen atoms in total. The van der Waals surface area contributed by atoms with Crippen LogP contribution in [0, 0.1) is 0 Å². The average molecular weight is 284 g/mol. The van der Waals surface area contributed by atoms with Crippen LogP contribution in [-0.2, 0) is 16.8 Å². The van der Waals surface area contributed by atoms with Crippen LogP contribution in [0.25, 0.3) is 0 Å². The third-order valence-electron chi connectivity index (χ3n) is 4.21. The predicted molar refractivity (Wildman–Crippen MR) is 82.1 cm³/mol. The minimum Gasteiger partial charge on any atom is -0.493 e. The summed E-state index contributed by atoms with van der Waals surface area (Å²) in [6.45, 7) is 2.82. The monoisotopic (exact) mass is 284 g/mol. The van der Waals surface area contributed by atoms with E-state index in [9.17, 15) is 0 Å². The molecular formula is C18H20O3. The highest BCUT2D eigenvalue weighted by Crippen LogP contribution is 2.43. The van der Waals surface area contributed by atoms with Crippen LogP contribution in [0.5, 0.6) is 11.5 Å². The van der Waals surface area contributed by atoms with Crippen molar-refractivity contribution in [2.24, 2.45) is 0 Å². The first kappa shape index (κ1) is 14.0. The molecule has 0 N–H and O–H groups in total. The molecule has 2 aromatic rings. The highest BCUT2D eigenvalue weighted by Gasteiger charge is 2.36. The Hall–Kier alpha value is -2.00. The minimum atomic E-state index is -0.450. The van der Waals surface area contributed by atoms with E-state index in [-0.39, 0.29) is 0 Å². The van der Waals surface area contributed by atoms with Crippen molar-refractivity contribution < 1.29 is 14.2 Å². The summed E-state index contributed by atoms with van der Waals surface area (Å²) < 4.78 is 17.0. The minimum absolute atomic E-state index is 0.450. The van der Waals surface area contributed by atoms with E-state index in [1.165, 1.54) is 5.56 Å². The Bertz CT molecular complexity index is 636. The fraction of sp³-hybridized carbons (Fsp3) is 0.333. The molecule has 1 aliphatic heterocycles. The van der Waals surface area contributed by atoms with E-state index >= 15 is 0 Å². The van der Waals surface area contributed by atoms with Crippen LogP contribution in [0.1, 0.15) is 23.6 Å². The number of methoxy groups -OCH3 is 2. The Kier molecular flexibility index (Phi) is 3.60. The highest BCUT2D eigenvalue weighted by molar-refractivity contribution is 5.52.